The van der Waals surface area contributed by atoms with Crippen molar-refractivity contribution < 1.29 is 9.90 Å². The highest BCUT2D eigenvalue weighted by atomic mass is 16.3. The lowest BCUT2D eigenvalue weighted by atomic mass is 9.87. The monoisotopic (exact) mass is 261 g/mol. The Hall–Kier alpha value is -1.35. The number of carbonyl (C=O) groups is 1. The zero-order valence-corrected chi connectivity index (χ0v) is 11.4. The summed E-state index contributed by atoms with van der Waals surface area (Å²) in [7, 11) is 0. The molecule has 0 saturated heterocycles. The van der Waals surface area contributed by atoms with Crippen LogP contribution in [0.2, 0.25) is 0 Å². The summed E-state index contributed by atoms with van der Waals surface area (Å²) >= 11 is 0. The first-order valence-electron chi connectivity index (χ1n) is 7.23. The molecule has 0 aliphatic heterocycles. The van der Waals surface area contributed by atoms with Crippen LogP contribution < -0.4 is 5.32 Å². The molecule has 0 heterocycles. The van der Waals surface area contributed by atoms with Crippen LogP contribution in [0.5, 0.6) is 0 Å². The van der Waals surface area contributed by atoms with Crippen molar-refractivity contribution in [1.82, 2.24) is 5.32 Å². The largest absolute Gasteiger partial charge is 0.392 e. The first kappa shape index (κ1) is 14.1. The van der Waals surface area contributed by atoms with Crippen LogP contribution in [0.25, 0.3) is 0 Å². The number of hydrogen-bond donors (Lipinski definition) is 2. The lowest BCUT2D eigenvalue weighted by molar-refractivity contribution is -0.122. The Morgan fingerprint density at radius 2 is 1.74 bits per heavy atom. The third-order valence-corrected chi connectivity index (χ3v) is 3.89. The van der Waals surface area contributed by atoms with Crippen molar-refractivity contribution in [2.75, 3.05) is 0 Å². The van der Waals surface area contributed by atoms with Gasteiger partial charge < -0.3 is 10.4 Å². The van der Waals surface area contributed by atoms with Gasteiger partial charge in [0.15, 0.2) is 0 Å². The van der Waals surface area contributed by atoms with Crippen LogP contribution in [0.15, 0.2) is 24.3 Å². The van der Waals surface area contributed by atoms with Gasteiger partial charge in [-0.15, -0.1) is 0 Å². The number of aliphatic hydroxyl groups excluding tert-OH is 1. The highest BCUT2D eigenvalue weighted by Gasteiger charge is 2.16. The molecule has 0 aromatic heterocycles. The van der Waals surface area contributed by atoms with Gasteiger partial charge in [-0.25, -0.2) is 0 Å². The predicted molar refractivity (Wildman–Crippen MR) is 75.4 cm³/mol. The summed E-state index contributed by atoms with van der Waals surface area (Å²) in [4.78, 5) is 11.9. The molecule has 0 spiro atoms. The third kappa shape index (κ3) is 4.67. The average Bonchev–Trinajstić information content (AvgIpc) is 2.47. The first-order chi connectivity index (χ1) is 9.28. The molecule has 2 N–H and O–H groups in total. The maximum atomic E-state index is 11.9. The van der Waals surface area contributed by atoms with E-state index in [9.17, 15) is 4.79 Å². The number of carbonyl (C=O) groups excluding carboxylic acids is 1. The van der Waals surface area contributed by atoms with Gasteiger partial charge in [0.1, 0.15) is 0 Å². The van der Waals surface area contributed by atoms with E-state index < -0.39 is 0 Å². The molecule has 0 radical (unpaired) electrons. The lowest BCUT2D eigenvalue weighted by Crippen LogP contribution is -2.25. The van der Waals surface area contributed by atoms with Gasteiger partial charge in [-0.2, -0.15) is 0 Å². The number of amides is 1. The van der Waals surface area contributed by atoms with E-state index in [2.05, 4.69) is 5.32 Å². The molecule has 1 fully saturated rings. The Bertz CT molecular complexity index is 394. The number of hydrogen-bond acceptors (Lipinski definition) is 2. The highest BCUT2D eigenvalue weighted by Crippen LogP contribution is 2.26. The van der Waals surface area contributed by atoms with Crippen LogP contribution in [-0.2, 0) is 17.9 Å². The fourth-order valence-electron chi connectivity index (χ4n) is 2.69. The number of nitrogens with one attached hydrogen (secondary N) is 1. The van der Waals surface area contributed by atoms with Gasteiger partial charge in [0.2, 0.25) is 5.91 Å². The van der Waals surface area contributed by atoms with E-state index in [1.165, 1.54) is 32.1 Å². The standard InChI is InChI=1S/C16H23NO2/c18-12-15-8-6-14(7-9-15)11-17-16(19)10-13-4-2-1-3-5-13/h6-9,13,18H,1-5,10-12H2,(H,17,19). The maximum absolute atomic E-state index is 11.9. The van der Waals surface area contributed by atoms with Gasteiger partial charge in [-0.1, -0.05) is 43.5 Å². The van der Waals surface area contributed by atoms with Gasteiger partial charge in [0.05, 0.1) is 6.61 Å². The van der Waals surface area contributed by atoms with Crippen LogP contribution in [0.3, 0.4) is 0 Å². The molecule has 1 aromatic carbocycles. The van der Waals surface area contributed by atoms with E-state index in [4.69, 9.17) is 5.11 Å². The minimum absolute atomic E-state index is 0.0638. The molecule has 104 valence electrons. The van der Waals surface area contributed by atoms with Crippen LogP contribution in [-0.4, -0.2) is 11.0 Å². The molecule has 1 saturated carbocycles. The highest BCUT2D eigenvalue weighted by molar-refractivity contribution is 5.76. The molecule has 0 bridgehead atoms. The van der Waals surface area contributed by atoms with E-state index in [0.717, 1.165) is 11.1 Å². The normalized spacial score (nSPS) is 16.3. The molecule has 3 nitrogen and oxygen atoms in total. The minimum Gasteiger partial charge on any atom is -0.392 e. The van der Waals surface area contributed by atoms with Crippen molar-refractivity contribution in [1.29, 1.82) is 0 Å². The summed E-state index contributed by atoms with van der Waals surface area (Å²) < 4.78 is 0. The number of aliphatic hydroxyl groups is 1. The summed E-state index contributed by atoms with van der Waals surface area (Å²) in [5.41, 5.74) is 1.98. The Kier molecular flexibility index (Phi) is 5.40. The van der Waals surface area contributed by atoms with Crippen LogP contribution in [0.4, 0.5) is 0 Å². The topological polar surface area (TPSA) is 49.3 Å². The second kappa shape index (κ2) is 7.29. The Morgan fingerprint density at radius 1 is 1.11 bits per heavy atom. The molecule has 0 unspecified atom stereocenters. The molecule has 1 aliphatic rings. The number of rotatable bonds is 5. The van der Waals surface area contributed by atoms with E-state index in [-0.39, 0.29) is 12.5 Å². The molecular weight excluding hydrogens is 238 g/mol. The summed E-state index contributed by atoms with van der Waals surface area (Å²) in [6, 6.07) is 7.68. The van der Waals surface area contributed by atoms with Gasteiger partial charge in [-0.05, 0) is 29.9 Å². The first-order valence-corrected chi connectivity index (χ1v) is 7.23. The molecule has 19 heavy (non-hydrogen) atoms. The zero-order chi connectivity index (χ0) is 13.5. The smallest absolute Gasteiger partial charge is 0.220 e. The summed E-state index contributed by atoms with van der Waals surface area (Å²) in [5.74, 6) is 0.753. The quantitative estimate of drug-likeness (QED) is 0.856. The Labute approximate surface area is 115 Å². The van der Waals surface area contributed by atoms with Crippen molar-refractivity contribution in [2.24, 2.45) is 5.92 Å². The van der Waals surface area contributed by atoms with Crippen molar-refractivity contribution in [3.8, 4) is 0 Å². The van der Waals surface area contributed by atoms with E-state index >= 15 is 0 Å². The van der Waals surface area contributed by atoms with Crippen molar-refractivity contribution in [3.63, 3.8) is 0 Å². The molecule has 1 aliphatic carbocycles. The summed E-state index contributed by atoms with van der Waals surface area (Å²) in [5, 5.41) is 11.9. The molecule has 0 atom stereocenters. The number of benzene rings is 1. The second-order valence-corrected chi connectivity index (χ2v) is 5.46. The van der Waals surface area contributed by atoms with Crippen LogP contribution >= 0.6 is 0 Å². The average molecular weight is 261 g/mol. The predicted octanol–water partition coefficient (Wildman–Crippen LogP) is 2.77. The third-order valence-electron chi connectivity index (χ3n) is 3.89. The molecule has 1 amide bonds. The van der Waals surface area contributed by atoms with Gasteiger partial charge >= 0.3 is 0 Å². The van der Waals surface area contributed by atoms with Crippen molar-refractivity contribution >= 4 is 5.91 Å². The maximum Gasteiger partial charge on any atom is 0.220 e. The van der Waals surface area contributed by atoms with Crippen LogP contribution in [0.1, 0.15) is 49.7 Å². The van der Waals surface area contributed by atoms with Gasteiger partial charge in [0, 0.05) is 13.0 Å². The Morgan fingerprint density at radius 3 is 2.37 bits per heavy atom. The fraction of sp³-hybridized carbons (Fsp3) is 0.562. The van der Waals surface area contributed by atoms with Crippen LogP contribution in [0, 0.1) is 5.92 Å². The summed E-state index contributed by atoms with van der Waals surface area (Å²) in [6.45, 7) is 0.644. The minimum atomic E-state index is 0.0638. The molecular formula is C16H23NO2. The molecule has 1 aromatic rings. The summed E-state index contributed by atoms with van der Waals surface area (Å²) in [6.07, 6.45) is 6.97. The van der Waals surface area contributed by atoms with Gasteiger partial charge in [-0.3, -0.25) is 4.79 Å². The van der Waals surface area contributed by atoms with E-state index in [1.807, 2.05) is 24.3 Å². The van der Waals surface area contributed by atoms with Crippen molar-refractivity contribution in [3.05, 3.63) is 35.4 Å². The molecule has 3 heteroatoms. The Balaban J connectivity index is 1.72. The SMILES string of the molecule is O=C(CC1CCCCC1)NCc1ccc(CO)cc1. The van der Waals surface area contributed by atoms with E-state index in [0.29, 0.717) is 18.9 Å². The van der Waals surface area contributed by atoms with Gasteiger partial charge in [0.25, 0.3) is 0 Å². The second-order valence-electron chi connectivity index (χ2n) is 5.46. The lowest BCUT2D eigenvalue weighted by Gasteiger charge is -2.20. The van der Waals surface area contributed by atoms with Crippen molar-refractivity contribution in [2.45, 2.75) is 51.7 Å². The zero-order valence-electron chi connectivity index (χ0n) is 11.4. The fourth-order valence-corrected chi connectivity index (χ4v) is 2.69. The van der Waals surface area contributed by atoms with E-state index in [1.54, 1.807) is 0 Å². The molecule has 2 rings (SSSR count).